The monoisotopic (exact) mass is 382 g/mol. The Balaban J connectivity index is 1.35. The van der Waals surface area contributed by atoms with E-state index < -0.39 is 0 Å². The average Bonchev–Trinajstić information content (AvgIpc) is 3.31. The minimum absolute atomic E-state index is 0.0142. The zero-order chi connectivity index (χ0) is 19.4. The predicted molar refractivity (Wildman–Crippen MR) is 105 cm³/mol. The first-order valence-electron chi connectivity index (χ1n) is 9.91. The molecule has 0 saturated carbocycles. The smallest absolute Gasteiger partial charge is 0.327 e. The van der Waals surface area contributed by atoms with E-state index in [1.807, 2.05) is 6.07 Å². The maximum absolute atomic E-state index is 12.8. The van der Waals surface area contributed by atoms with Gasteiger partial charge in [0.05, 0.1) is 0 Å². The van der Waals surface area contributed by atoms with E-state index >= 15 is 0 Å². The molecule has 0 radical (unpaired) electrons. The Bertz CT molecular complexity index is 926. The Labute approximate surface area is 164 Å². The van der Waals surface area contributed by atoms with Crippen molar-refractivity contribution in [3.05, 3.63) is 36.0 Å². The molecule has 2 N–H and O–H groups in total. The summed E-state index contributed by atoms with van der Waals surface area (Å²) >= 11 is 0. The second-order valence-corrected chi connectivity index (χ2v) is 7.96. The van der Waals surface area contributed by atoms with E-state index in [0.717, 1.165) is 38.0 Å². The van der Waals surface area contributed by atoms with Crippen molar-refractivity contribution in [2.75, 3.05) is 33.7 Å². The summed E-state index contributed by atoms with van der Waals surface area (Å²) < 4.78 is 0. The summed E-state index contributed by atoms with van der Waals surface area (Å²) in [6, 6.07) is 7.81. The number of nitrogens with one attached hydrogen (secondary N) is 2. The van der Waals surface area contributed by atoms with Crippen LogP contribution in [0.3, 0.4) is 0 Å². The van der Waals surface area contributed by atoms with E-state index in [0.29, 0.717) is 0 Å². The van der Waals surface area contributed by atoms with Crippen molar-refractivity contribution in [1.82, 2.24) is 29.9 Å². The fraction of sp³-hybridized carbons (Fsp3) is 0.500. The number of fused-ring (bicyclic) bond motifs is 4. The van der Waals surface area contributed by atoms with Crippen LogP contribution in [0.1, 0.15) is 12.0 Å². The fourth-order valence-corrected chi connectivity index (χ4v) is 4.91. The van der Waals surface area contributed by atoms with Crippen LogP contribution in [0.15, 0.2) is 30.5 Å². The van der Waals surface area contributed by atoms with Gasteiger partial charge in [0, 0.05) is 50.8 Å². The quantitative estimate of drug-likeness (QED) is 0.822. The molecule has 0 aliphatic carbocycles. The Morgan fingerprint density at radius 2 is 1.96 bits per heavy atom. The molecule has 148 valence electrons. The predicted octanol–water partition coefficient (Wildman–Crippen LogP) is 0.823. The van der Waals surface area contributed by atoms with Gasteiger partial charge in [0.1, 0.15) is 18.5 Å². The SMILES string of the molecule is CN1C(=O)C2C(NC3N(CCc4c[nH]c5ccccc45)CCCN23)N(C)C1=O. The number of carbonyl (C=O) groups is 2. The van der Waals surface area contributed by atoms with Gasteiger partial charge in [-0.3, -0.25) is 24.8 Å². The van der Waals surface area contributed by atoms with E-state index in [1.165, 1.54) is 15.8 Å². The molecule has 0 bridgehead atoms. The molecule has 3 saturated heterocycles. The molecular formula is C20H26N6O2. The summed E-state index contributed by atoms with van der Waals surface area (Å²) in [6.45, 7) is 2.75. The number of nitrogens with zero attached hydrogens (tertiary/aromatic N) is 4. The van der Waals surface area contributed by atoms with Crippen molar-refractivity contribution in [2.24, 2.45) is 0 Å². The number of aromatic nitrogens is 1. The topological polar surface area (TPSA) is 74.9 Å². The highest BCUT2D eigenvalue weighted by molar-refractivity contribution is 6.00. The highest BCUT2D eigenvalue weighted by atomic mass is 16.2. The van der Waals surface area contributed by atoms with E-state index in [9.17, 15) is 9.59 Å². The number of para-hydroxylation sites is 1. The van der Waals surface area contributed by atoms with Gasteiger partial charge in [-0.2, -0.15) is 0 Å². The molecule has 8 heteroatoms. The summed E-state index contributed by atoms with van der Waals surface area (Å²) in [7, 11) is 3.34. The van der Waals surface area contributed by atoms with Crippen LogP contribution in [-0.4, -0.2) is 88.7 Å². The number of likely N-dealkylation sites (N-methyl/N-ethyl adjacent to an activating group) is 2. The fourth-order valence-electron chi connectivity index (χ4n) is 4.91. The molecule has 3 unspecified atom stereocenters. The lowest BCUT2D eigenvalue weighted by Crippen LogP contribution is -2.65. The van der Waals surface area contributed by atoms with Crippen LogP contribution in [0.5, 0.6) is 0 Å². The minimum atomic E-state index is -0.311. The second-order valence-electron chi connectivity index (χ2n) is 7.96. The molecule has 1 aromatic carbocycles. The van der Waals surface area contributed by atoms with Crippen molar-refractivity contribution in [2.45, 2.75) is 31.3 Å². The van der Waals surface area contributed by atoms with Crippen molar-refractivity contribution >= 4 is 22.8 Å². The number of imide groups is 1. The molecule has 28 heavy (non-hydrogen) atoms. The van der Waals surface area contributed by atoms with Gasteiger partial charge in [0.2, 0.25) is 0 Å². The lowest BCUT2D eigenvalue weighted by Gasteiger charge is -2.42. The minimum Gasteiger partial charge on any atom is -0.361 e. The first-order valence-corrected chi connectivity index (χ1v) is 9.91. The maximum atomic E-state index is 12.8. The Morgan fingerprint density at radius 3 is 2.82 bits per heavy atom. The van der Waals surface area contributed by atoms with Gasteiger partial charge < -0.3 is 9.88 Å². The Kier molecular flexibility index (Phi) is 4.15. The molecule has 3 amide bonds. The summed E-state index contributed by atoms with van der Waals surface area (Å²) in [4.78, 5) is 36.0. The van der Waals surface area contributed by atoms with E-state index in [4.69, 9.17) is 0 Å². The number of urea groups is 1. The zero-order valence-corrected chi connectivity index (χ0v) is 16.3. The van der Waals surface area contributed by atoms with Crippen LogP contribution < -0.4 is 5.32 Å². The van der Waals surface area contributed by atoms with Crippen molar-refractivity contribution in [3.8, 4) is 0 Å². The number of rotatable bonds is 3. The van der Waals surface area contributed by atoms with E-state index in [2.05, 4.69) is 44.5 Å². The van der Waals surface area contributed by atoms with Gasteiger partial charge in [-0.15, -0.1) is 0 Å². The molecule has 8 nitrogen and oxygen atoms in total. The molecule has 2 aromatic rings. The van der Waals surface area contributed by atoms with Gasteiger partial charge in [-0.05, 0) is 24.5 Å². The van der Waals surface area contributed by atoms with Gasteiger partial charge in [0.15, 0.2) is 0 Å². The number of benzene rings is 1. The highest BCUT2D eigenvalue weighted by Gasteiger charge is 2.55. The first kappa shape index (κ1) is 17.7. The van der Waals surface area contributed by atoms with Gasteiger partial charge in [-0.25, -0.2) is 4.79 Å². The van der Waals surface area contributed by atoms with E-state index in [1.54, 1.807) is 19.0 Å². The third-order valence-corrected chi connectivity index (χ3v) is 6.43. The first-order chi connectivity index (χ1) is 13.6. The molecule has 3 fully saturated rings. The molecule has 0 spiro atoms. The number of amides is 3. The third-order valence-electron chi connectivity index (χ3n) is 6.43. The molecule has 3 aliphatic heterocycles. The molecule has 1 aromatic heterocycles. The molecule has 4 heterocycles. The van der Waals surface area contributed by atoms with Gasteiger partial charge in [-0.1, -0.05) is 18.2 Å². The summed E-state index contributed by atoms with van der Waals surface area (Å²) in [5.41, 5.74) is 2.47. The summed E-state index contributed by atoms with van der Waals surface area (Å²) in [5.74, 6) is -0.110. The van der Waals surface area contributed by atoms with Crippen LogP contribution >= 0.6 is 0 Å². The maximum Gasteiger partial charge on any atom is 0.327 e. The van der Waals surface area contributed by atoms with E-state index in [-0.39, 0.29) is 30.4 Å². The van der Waals surface area contributed by atoms with Crippen molar-refractivity contribution < 1.29 is 9.59 Å². The van der Waals surface area contributed by atoms with Crippen LogP contribution in [0.4, 0.5) is 4.79 Å². The van der Waals surface area contributed by atoms with Crippen LogP contribution in [0.2, 0.25) is 0 Å². The van der Waals surface area contributed by atoms with Gasteiger partial charge in [0.25, 0.3) is 5.91 Å². The lowest BCUT2D eigenvalue weighted by molar-refractivity contribution is -0.138. The molecule has 5 rings (SSSR count). The largest absolute Gasteiger partial charge is 0.361 e. The molecule has 3 atom stereocenters. The number of H-pyrrole nitrogens is 1. The molecular weight excluding hydrogens is 356 g/mol. The van der Waals surface area contributed by atoms with Crippen LogP contribution in [0, 0.1) is 0 Å². The summed E-state index contributed by atoms with van der Waals surface area (Å²) in [5, 5.41) is 4.81. The number of hydrogen-bond acceptors (Lipinski definition) is 5. The standard InChI is InChI=1S/C20H26N6O2/c1-23-17-16(18(27)24(2)20(23)28)26-10-5-9-25(19(26)22-17)11-8-13-12-21-15-7-4-3-6-14(13)15/h3-4,6-7,12,16-17,19,21-22H,5,8-11H2,1-2H3. The van der Waals surface area contributed by atoms with Crippen molar-refractivity contribution in [3.63, 3.8) is 0 Å². The second kappa shape index (κ2) is 6.58. The third kappa shape index (κ3) is 2.56. The lowest BCUT2D eigenvalue weighted by atomic mass is 10.1. The average molecular weight is 382 g/mol. The number of aromatic amines is 1. The summed E-state index contributed by atoms with van der Waals surface area (Å²) in [6.07, 6.45) is 3.77. The number of hydrogen-bond donors (Lipinski definition) is 2. The van der Waals surface area contributed by atoms with Crippen molar-refractivity contribution in [1.29, 1.82) is 0 Å². The Morgan fingerprint density at radius 1 is 1.14 bits per heavy atom. The Hall–Kier alpha value is -2.42. The van der Waals surface area contributed by atoms with Crippen LogP contribution in [-0.2, 0) is 11.2 Å². The normalized spacial score (nSPS) is 28.9. The number of carbonyl (C=O) groups excluding carboxylic acids is 2. The zero-order valence-electron chi connectivity index (χ0n) is 16.3. The van der Waals surface area contributed by atoms with Crippen LogP contribution in [0.25, 0.3) is 10.9 Å². The molecule has 3 aliphatic rings. The highest BCUT2D eigenvalue weighted by Crippen LogP contribution is 2.30. The van der Waals surface area contributed by atoms with Gasteiger partial charge >= 0.3 is 6.03 Å².